The lowest BCUT2D eigenvalue weighted by molar-refractivity contribution is -0.115. The monoisotopic (exact) mass is 291 g/mol. The molecule has 0 bridgehead atoms. The molecule has 2 nitrogen and oxygen atoms in total. The molecule has 0 aliphatic carbocycles. The van der Waals surface area contributed by atoms with Gasteiger partial charge in [0.1, 0.15) is 0 Å². The Morgan fingerprint density at radius 3 is 2.58 bits per heavy atom. The van der Waals surface area contributed by atoms with Gasteiger partial charge >= 0.3 is 0 Å². The number of amides is 1. The Bertz CT molecular complexity index is 596. The van der Waals surface area contributed by atoms with Crippen molar-refractivity contribution in [3.8, 4) is 0 Å². The zero-order chi connectivity index (χ0) is 13.8. The molecule has 0 aliphatic rings. The molecule has 2 aromatic rings. The summed E-state index contributed by atoms with van der Waals surface area (Å²) >= 11 is 10.2. The summed E-state index contributed by atoms with van der Waals surface area (Å²) in [6, 6.07) is 13.0. The first-order valence-corrected chi connectivity index (χ1v) is 6.71. The third kappa shape index (κ3) is 3.75. The van der Waals surface area contributed by atoms with Crippen LogP contribution in [0.25, 0.3) is 0 Å². The van der Waals surface area contributed by atoms with Crippen LogP contribution in [0.3, 0.4) is 0 Å². The summed E-state index contributed by atoms with van der Waals surface area (Å²) in [5.74, 6) is -0.0581. The van der Waals surface area contributed by atoms with Crippen molar-refractivity contribution in [1.29, 1.82) is 0 Å². The molecule has 0 heterocycles. The Morgan fingerprint density at radius 2 is 1.89 bits per heavy atom. The van der Waals surface area contributed by atoms with Crippen LogP contribution in [0.15, 0.2) is 47.4 Å². The Morgan fingerprint density at radius 1 is 1.21 bits per heavy atom. The van der Waals surface area contributed by atoms with Crippen LogP contribution in [0.5, 0.6) is 0 Å². The first kappa shape index (κ1) is 14.0. The van der Waals surface area contributed by atoms with E-state index in [1.807, 2.05) is 43.3 Å². The van der Waals surface area contributed by atoms with E-state index in [0.29, 0.717) is 11.4 Å². The zero-order valence-corrected chi connectivity index (χ0v) is 12.1. The van der Waals surface area contributed by atoms with E-state index in [9.17, 15) is 4.79 Å². The van der Waals surface area contributed by atoms with Crippen molar-refractivity contribution in [2.24, 2.45) is 0 Å². The third-order valence-electron chi connectivity index (χ3n) is 2.84. The number of thiol groups is 1. The molecule has 1 amide bonds. The molecule has 0 aromatic heterocycles. The fourth-order valence-electron chi connectivity index (χ4n) is 1.74. The van der Waals surface area contributed by atoms with Crippen LogP contribution in [-0.4, -0.2) is 5.91 Å². The number of hydrogen-bond acceptors (Lipinski definition) is 2. The van der Waals surface area contributed by atoms with E-state index >= 15 is 0 Å². The molecule has 19 heavy (non-hydrogen) atoms. The van der Waals surface area contributed by atoms with Crippen molar-refractivity contribution in [2.45, 2.75) is 18.2 Å². The average Bonchev–Trinajstić information content (AvgIpc) is 2.38. The average molecular weight is 292 g/mol. The molecular formula is C15H14ClNOS. The predicted octanol–water partition coefficient (Wildman–Crippen LogP) is 4.12. The molecule has 0 saturated heterocycles. The highest BCUT2D eigenvalue weighted by Gasteiger charge is 2.07. The number of carbonyl (C=O) groups excluding carboxylic acids is 1. The number of hydrogen-bond donors (Lipinski definition) is 2. The van der Waals surface area contributed by atoms with Gasteiger partial charge in [0.2, 0.25) is 5.91 Å². The highest BCUT2D eigenvalue weighted by Crippen LogP contribution is 2.23. The van der Waals surface area contributed by atoms with Gasteiger partial charge in [-0.2, -0.15) is 0 Å². The molecular weight excluding hydrogens is 278 g/mol. The van der Waals surface area contributed by atoms with Gasteiger partial charge in [0, 0.05) is 15.6 Å². The fraction of sp³-hybridized carbons (Fsp3) is 0.133. The number of rotatable bonds is 3. The maximum absolute atomic E-state index is 12.0. The lowest BCUT2D eigenvalue weighted by Crippen LogP contribution is -2.15. The van der Waals surface area contributed by atoms with Crippen LogP contribution >= 0.6 is 24.2 Å². The minimum absolute atomic E-state index is 0.0581. The summed E-state index contributed by atoms with van der Waals surface area (Å²) in [5, 5.41) is 3.52. The fourth-order valence-corrected chi connectivity index (χ4v) is 2.06. The van der Waals surface area contributed by atoms with Crippen LogP contribution in [0.2, 0.25) is 5.02 Å². The highest BCUT2D eigenvalue weighted by atomic mass is 35.5. The minimum atomic E-state index is -0.0581. The van der Waals surface area contributed by atoms with Gasteiger partial charge in [-0.25, -0.2) is 0 Å². The number of benzene rings is 2. The Labute approximate surface area is 123 Å². The van der Waals surface area contributed by atoms with E-state index in [-0.39, 0.29) is 5.91 Å². The van der Waals surface area contributed by atoms with Gasteiger partial charge in [-0.15, -0.1) is 12.6 Å². The van der Waals surface area contributed by atoms with Crippen molar-refractivity contribution >= 4 is 35.8 Å². The third-order valence-corrected chi connectivity index (χ3v) is 3.55. The van der Waals surface area contributed by atoms with Gasteiger partial charge in [0.05, 0.1) is 6.42 Å². The molecule has 2 aromatic carbocycles. The standard InChI is InChI=1S/C15H14ClNOS/c1-10-13(16)3-2-4-14(10)17-15(18)9-11-5-7-12(19)8-6-11/h2-8,19H,9H2,1H3,(H,17,18). The lowest BCUT2D eigenvalue weighted by atomic mass is 10.1. The largest absolute Gasteiger partial charge is 0.326 e. The van der Waals surface area contributed by atoms with Gasteiger partial charge < -0.3 is 5.32 Å². The normalized spacial score (nSPS) is 10.3. The second kappa shape index (κ2) is 6.13. The van der Waals surface area contributed by atoms with Gasteiger partial charge in [-0.05, 0) is 42.3 Å². The van der Waals surface area contributed by atoms with Crippen molar-refractivity contribution < 1.29 is 4.79 Å². The number of nitrogens with one attached hydrogen (secondary N) is 1. The van der Waals surface area contributed by atoms with Crippen molar-refractivity contribution in [1.82, 2.24) is 0 Å². The second-order valence-corrected chi connectivity index (χ2v) is 5.23. The Balaban J connectivity index is 2.05. The molecule has 0 spiro atoms. The summed E-state index contributed by atoms with van der Waals surface area (Å²) in [6.45, 7) is 1.88. The van der Waals surface area contributed by atoms with Crippen LogP contribution < -0.4 is 5.32 Å². The molecule has 1 N–H and O–H groups in total. The van der Waals surface area contributed by atoms with Crippen molar-refractivity contribution in [3.05, 3.63) is 58.6 Å². The zero-order valence-electron chi connectivity index (χ0n) is 10.5. The number of carbonyl (C=O) groups is 1. The maximum Gasteiger partial charge on any atom is 0.228 e. The number of halogens is 1. The molecule has 2 rings (SSSR count). The van der Waals surface area contributed by atoms with Gasteiger partial charge in [-0.1, -0.05) is 29.8 Å². The molecule has 0 aliphatic heterocycles. The molecule has 0 fully saturated rings. The van der Waals surface area contributed by atoms with E-state index in [1.165, 1.54) is 0 Å². The molecule has 0 unspecified atom stereocenters. The van der Waals surface area contributed by atoms with Crippen LogP contribution in [0.1, 0.15) is 11.1 Å². The van der Waals surface area contributed by atoms with Gasteiger partial charge in [-0.3, -0.25) is 4.79 Å². The predicted molar refractivity (Wildman–Crippen MR) is 82.2 cm³/mol. The summed E-state index contributed by atoms with van der Waals surface area (Å²) in [5.41, 5.74) is 2.58. The van der Waals surface area contributed by atoms with E-state index in [4.69, 9.17) is 11.6 Å². The SMILES string of the molecule is Cc1c(Cl)cccc1NC(=O)Cc1ccc(S)cc1. The van der Waals surface area contributed by atoms with Crippen LogP contribution in [-0.2, 0) is 11.2 Å². The first-order valence-electron chi connectivity index (χ1n) is 5.89. The second-order valence-electron chi connectivity index (χ2n) is 4.30. The van der Waals surface area contributed by atoms with Crippen LogP contribution in [0, 0.1) is 6.92 Å². The minimum Gasteiger partial charge on any atom is -0.326 e. The Hall–Kier alpha value is -1.45. The summed E-state index contributed by atoms with van der Waals surface area (Å²) in [6.07, 6.45) is 0.333. The van der Waals surface area contributed by atoms with Gasteiger partial charge in [0.25, 0.3) is 0 Å². The van der Waals surface area contributed by atoms with Crippen LogP contribution in [0.4, 0.5) is 5.69 Å². The molecule has 0 saturated carbocycles. The summed E-state index contributed by atoms with van der Waals surface area (Å²) < 4.78 is 0. The lowest BCUT2D eigenvalue weighted by Gasteiger charge is -2.09. The summed E-state index contributed by atoms with van der Waals surface area (Å²) in [4.78, 5) is 12.8. The van der Waals surface area contributed by atoms with Crippen molar-refractivity contribution in [2.75, 3.05) is 5.32 Å². The summed E-state index contributed by atoms with van der Waals surface area (Å²) in [7, 11) is 0. The van der Waals surface area contributed by atoms with Crippen molar-refractivity contribution in [3.63, 3.8) is 0 Å². The van der Waals surface area contributed by atoms with Gasteiger partial charge in [0.15, 0.2) is 0 Å². The molecule has 0 radical (unpaired) electrons. The maximum atomic E-state index is 12.0. The molecule has 4 heteroatoms. The quantitative estimate of drug-likeness (QED) is 0.819. The Kier molecular flexibility index (Phi) is 4.51. The molecule has 98 valence electrons. The van der Waals surface area contributed by atoms with E-state index in [0.717, 1.165) is 21.7 Å². The van der Waals surface area contributed by atoms with E-state index < -0.39 is 0 Å². The first-order chi connectivity index (χ1) is 9.06. The van der Waals surface area contributed by atoms with E-state index in [2.05, 4.69) is 17.9 Å². The smallest absolute Gasteiger partial charge is 0.228 e. The highest BCUT2D eigenvalue weighted by molar-refractivity contribution is 7.80. The van der Waals surface area contributed by atoms with E-state index in [1.54, 1.807) is 6.07 Å². The molecule has 0 atom stereocenters. The number of anilines is 1. The topological polar surface area (TPSA) is 29.1 Å².